The third-order valence-electron chi connectivity index (χ3n) is 5.08. The molecule has 152 valence electrons. The lowest BCUT2D eigenvalue weighted by Gasteiger charge is -2.37. The van der Waals surface area contributed by atoms with Gasteiger partial charge in [-0.05, 0) is 34.2 Å². The number of carbonyl (C=O) groups excluding carboxylic acids is 1. The van der Waals surface area contributed by atoms with Gasteiger partial charge >= 0.3 is 0 Å². The van der Waals surface area contributed by atoms with Crippen molar-refractivity contribution in [1.29, 1.82) is 0 Å². The van der Waals surface area contributed by atoms with Crippen LogP contribution in [0.2, 0.25) is 0 Å². The number of nitrogens with one attached hydrogen (secondary N) is 2. The van der Waals surface area contributed by atoms with Gasteiger partial charge in [0.1, 0.15) is 0 Å². The van der Waals surface area contributed by atoms with E-state index in [1.165, 1.54) is 0 Å². The largest absolute Gasteiger partial charge is 0.357 e. The van der Waals surface area contributed by atoms with E-state index in [0.717, 1.165) is 64.9 Å². The summed E-state index contributed by atoms with van der Waals surface area (Å²) >= 11 is 0. The number of amides is 1. The summed E-state index contributed by atoms with van der Waals surface area (Å²) in [5, 5.41) is 6.57. The predicted molar refractivity (Wildman–Crippen MR) is 110 cm³/mol. The molecule has 1 saturated heterocycles. The Bertz CT molecular complexity index is 416. The highest BCUT2D eigenvalue weighted by atomic mass is 16.2. The summed E-state index contributed by atoms with van der Waals surface area (Å²) in [6.45, 7) is 20.0. The predicted octanol–water partition coefficient (Wildman–Crippen LogP) is 0.826. The van der Waals surface area contributed by atoms with Gasteiger partial charge < -0.3 is 20.4 Å². The molecule has 0 aromatic carbocycles. The standard InChI is InChI=1S/C19H40N6O/c1-6-20-19(21-11-10-18(26)24(8-3)9-4)22-16-17(5)25-14-12-23(7-2)13-15-25/h17H,6-16H2,1-5H3,(H2,20,21,22). The van der Waals surface area contributed by atoms with E-state index >= 15 is 0 Å². The molecular weight excluding hydrogens is 328 g/mol. The number of hydrogen-bond donors (Lipinski definition) is 2. The number of rotatable bonds is 10. The fraction of sp³-hybridized carbons (Fsp3) is 0.895. The van der Waals surface area contributed by atoms with Crippen molar-refractivity contribution in [1.82, 2.24) is 25.3 Å². The second kappa shape index (κ2) is 12.9. The molecule has 1 heterocycles. The van der Waals surface area contributed by atoms with Crippen molar-refractivity contribution in [2.24, 2.45) is 4.99 Å². The Morgan fingerprint density at radius 1 is 1.08 bits per heavy atom. The van der Waals surface area contributed by atoms with E-state index in [1.54, 1.807) is 0 Å². The minimum atomic E-state index is 0.195. The first-order valence-corrected chi connectivity index (χ1v) is 10.3. The van der Waals surface area contributed by atoms with Crippen molar-refractivity contribution in [2.45, 2.75) is 47.1 Å². The highest BCUT2D eigenvalue weighted by Crippen LogP contribution is 2.06. The molecule has 1 fully saturated rings. The van der Waals surface area contributed by atoms with E-state index in [9.17, 15) is 4.79 Å². The third-order valence-corrected chi connectivity index (χ3v) is 5.08. The molecular formula is C19H40N6O. The van der Waals surface area contributed by atoms with Crippen LogP contribution in [0.4, 0.5) is 0 Å². The summed E-state index contributed by atoms with van der Waals surface area (Å²) in [7, 11) is 0. The molecule has 1 atom stereocenters. The highest BCUT2D eigenvalue weighted by molar-refractivity contribution is 5.81. The molecule has 1 rings (SSSR count). The Labute approximate surface area is 160 Å². The molecule has 0 bridgehead atoms. The molecule has 0 aliphatic carbocycles. The highest BCUT2D eigenvalue weighted by Gasteiger charge is 2.19. The zero-order valence-electron chi connectivity index (χ0n) is 17.6. The lowest BCUT2D eigenvalue weighted by Crippen LogP contribution is -2.50. The molecule has 0 spiro atoms. The summed E-state index contributed by atoms with van der Waals surface area (Å²) in [5.74, 6) is 0.999. The summed E-state index contributed by atoms with van der Waals surface area (Å²) in [6.07, 6.45) is 0.501. The quantitative estimate of drug-likeness (QED) is 0.442. The average Bonchev–Trinajstić information content (AvgIpc) is 2.66. The minimum Gasteiger partial charge on any atom is -0.357 e. The van der Waals surface area contributed by atoms with E-state index in [4.69, 9.17) is 4.99 Å². The van der Waals surface area contributed by atoms with Gasteiger partial charge in [-0.25, -0.2) is 0 Å². The van der Waals surface area contributed by atoms with Crippen molar-refractivity contribution < 1.29 is 4.79 Å². The first kappa shape index (κ1) is 22.7. The van der Waals surface area contributed by atoms with E-state index in [-0.39, 0.29) is 5.91 Å². The molecule has 7 nitrogen and oxygen atoms in total. The number of hydrogen-bond acceptors (Lipinski definition) is 4. The molecule has 2 N–H and O–H groups in total. The van der Waals surface area contributed by atoms with Gasteiger partial charge in [0.15, 0.2) is 5.96 Å². The minimum absolute atomic E-state index is 0.195. The maximum Gasteiger partial charge on any atom is 0.224 e. The summed E-state index contributed by atoms with van der Waals surface area (Å²) < 4.78 is 0. The number of aliphatic imine (C=N–C) groups is 1. The number of nitrogens with zero attached hydrogens (tertiary/aromatic N) is 4. The smallest absolute Gasteiger partial charge is 0.224 e. The van der Waals surface area contributed by atoms with Crippen molar-refractivity contribution in [3.63, 3.8) is 0 Å². The monoisotopic (exact) mass is 368 g/mol. The molecule has 1 unspecified atom stereocenters. The Morgan fingerprint density at radius 2 is 1.73 bits per heavy atom. The van der Waals surface area contributed by atoms with Gasteiger partial charge in [-0.1, -0.05) is 6.92 Å². The lowest BCUT2D eigenvalue weighted by molar-refractivity contribution is -0.130. The van der Waals surface area contributed by atoms with E-state index in [1.807, 2.05) is 18.7 Å². The van der Waals surface area contributed by atoms with Crippen molar-refractivity contribution in [2.75, 3.05) is 65.4 Å². The lowest BCUT2D eigenvalue weighted by atomic mass is 10.2. The Balaban J connectivity index is 2.41. The van der Waals surface area contributed by atoms with Gasteiger partial charge in [0, 0.05) is 64.8 Å². The fourth-order valence-electron chi connectivity index (χ4n) is 3.22. The second-order valence-electron chi connectivity index (χ2n) is 6.78. The molecule has 0 aromatic heterocycles. The van der Waals surface area contributed by atoms with Crippen molar-refractivity contribution in [3.05, 3.63) is 0 Å². The third kappa shape index (κ3) is 7.91. The molecule has 1 aliphatic rings. The maximum absolute atomic E-state index is 12.1. The van der Waals surface area contributed by atoms with E-state index in [2.05, 4.69) is 41.2 Å². The summed E-state index contributed by atoms with van der Waals surface area (Å²) in [6, 6.07) is 0.432. The second-order valence-corrected chi connectivity index (χ2v) is 6.78. The fourth-order valence-corrected chi connectivity index (χ4v) is 3.22. The summed E-state index contributed by atoms with van der Waals surface area (Å²) in [5.41, 5.74) is 0. The van der Waals surface area contributed by atoms with Crippen LogP contribution in [0.1, 0.15) is 41.0 Å². The first-order chi connectivity index (χ1) is 12.5. The SMILES string of the molecule is CCNC(=NCC(C)N1CCN(CC)CC1)NCCC(=O)N(CC)CC. The number of guanidine groups is 1. The number of carbonyl (C=O) groups is 1. The van der Waals surface area contributed by atoms with Gasteiger partial charge in [-0.15, -0.1) is 0 Å². The van der Waals surface area contributed by atoms with Crippen LogP contribution in [0.15, 0.2) is 4.99 Å². The van der Waals surface area contributed by atoms with Gasteiger partial charge in [0.25, 0.3) is 0 Å². The number of likely N-dealkylation sites (N-methyl/N-ethyl adjacent to an activating group) is 1. The van der Waals surface area contributed by atoms with Gasteiger partial charge in [-0.2, -0.15) is 0 Å². The molecule has 0 aromatic rings. The Hall–Kier alpha value is -1.34. The van der Waals surface area contributed by atoms with E-state index in [0.29, 0.717) is 19.0 Å². The van der Waals surface area contributed by atoms with Gasteiger partial charge in [-0.3, -0.25) is 14.7 Å². The van der Waals surface area contributed by atoms with E-state index < -0.39 is 0 Å². The average molecular weight is 369 g/mol. The molecule has 26 heavy (non-hydrogen) atoms. The molecule has 0 saturated carbocycles. The zero-order valence-corrected chi connectivity index (χ0v) is 17.6. The first-order valence-electron chi connectivity index (χ1n) is 10.3. The molecule has 1 aliphatic heterocycles. The van der Waals surface area contributed by atoms with Crippen LogP contribution in [0.25, 0.3) is 0 Å². The van der Waals surface area contributed by atoms with Gasteiger partial charge in [0.2, 0.25) is 5.91 Å². The number of piperazine rings is 1. The Morgan fingerprint density at radius 3 is 2.27 bits per heavy atom. The maximum atomic E-state index is 12.1. The van der Waals surface area contributed by atoms with Crippen LogP contribution in [-0.2, 0) is 4.79 Å². The van der Waals surface area contributed by atoms with Crippen LogP contribution in [0, 0.1) is 0 Å². The molecule has 7 heteroatoms. The Kier molecular flexibility index (Phi) is 11.3. The van der Waals surface area contributed by atoms with Crippen LogP contribution < -0.4 is 10.6 Å². The van der Waals surface area contributed by atoms with Crippen molar-refractivity contribution >= 4 is 11.9 Å². The van der Waals surface area contributed by atoms with Crippen LogP contribution in [-0.4, -0.2) is 98.1 Å². The topological polar surface area (TPSA) is 63.2 Å². The summed E-state index contributed by atoms with van der Waals surface area (Å²) in [4.78, 5) is 23.7. The zero-order chi connectivity index (χ0) is 19.4. The normalized spacial score (nSPS) is 17.8. The molecule has 1 amide bonds. The van der Waals surface area contributed by atoms with Crippen LogP contribution in [0.5, 0.6) is 0 Å². The van der Waals surface area contributed by atoms with Crippen LogP contribution in [0.3, 0.4) is 0 Å². The van der Waals surface area contributed by atoms with Gasteiger partial charge in [0.05, 0.1) is 6.54 Å². The van der Waals surface area contributed by atoms with Crippen molar-refractivity contribution in [3.8, 4) is 0 Å². The van der Waals surface area contributed by atoms with Crippen LogP contribution >= 0.6 is 0 Å². The molecule has 0 radical (unpaired) electrons.